The van der Waals surface area contributed by atoms with Crippen LogP contribution in [-0.2, 0) is 0 Å². The van der Waals surface area contributed by atoms with Crippen molar-refractivity contribution in [3.63, 3.8) is 0 Å². The number of H-pyrrole nitrogens is 1. The van der Waals surface area contributed by atoms with Gasteiger partial charge in [0.05, 0.1) is 22.2 Å². The smallest absolute Gasteiger partial charge is 0.248 e. The van der Waals surface area contributed by atoms with E-state index in [1.807, 2.05) is 37.4 Å². The molecular formula is C22H19N7S. The summed E-state index contributed by atoms with van der Waals surface area (Å²) >= 11 is 1.55. The average molecular weight is 414 g/mol. The second-order valence-electron chi connectivity index (χ2n) is 7.40. The van der Waals surface area contributed by atoms with E-state index in [1.165, 1.54) is 0 Å². The monoisotopic (exact) mass is 413 g/mol. The summed E-state index contributed by atoms with van der Waals surface area (Å²) in [5.74, 6) is 1.96. The number of hydrogen-bond donors (Lipinski definition) is 2. The standard InChI is InChI=1S/C22H19N7S/c1-12-13(2)24-9-8-17(12)19-18(16-5-3-4-14(10-16)11-23)25-22(30-19)27-21-26-20(28-29-21)15-6-7-15/h3-5,8-10,15H,6-7H2,1-2H3,(H2,25,26,27,28,29). The minimum Gasteiger partial charge on any atom is -0.299 e. The fourth-order valence-electron chi connectivity index (χ4n) is 3.34. The molecule has 0 atom stereocenters. The molecule has 0 amide bonds. The highest BCUT2D eigenvalue weighted by molar-refractivity contribution is 7.19. The highest BCUT2D eigenvalue weighted by atomic mass is 32.1. The molecule has 0 spiro atoms. The van der Waals surface area contributed by atoms with Gasteiger partial charge in [-0.15, -0.1) is 5.10 Å². The predicted molar refractivity (Wildman–Crippen MR) is 117 cm³/mol. The zero-order valence-electron chi connectivity index (χ0n) is 16.6. The first kappa shape index (κ1) is 18.5. The second kappa shape index (κ2) is 7.35. The number of aromatic amines is 1. The van der Waals surface area contributed by atoms with Crippen molar-refractivity contribution in [3.05, 3.63) is 59.2 Å². The molecule has 30 heavy (non-hydrogen) atoms. The molecule has 3 heterocycles. The number of nitrogens with zero attached hydrogens (tertiary/aromatic N) is 5. The molecule has 1 fully saturated rings. The molecule has 1 saturated carbocycles. The van der Waals surface area contributed by atoms with Gasteiger partial charge >= 0.3 is 0 Å². The lowest BCUT2D eigenvalue weighted by Crippen LogP contribution is -1.92. The Bertz CT molecular complexity index is 1280. The SMILES string of the molecule is Cc1nccc(-c2sc(Nc3n[nH]c(C4CC4)n3)nc2-c2cccc(C#N)c2)c1C. The topological polar surface area (TPSA) is 103 Å². The van der Waals surface area contributed by atoms with Crippen LogP contribution in [0.25, 0.3) is 21.7 Å². The molecule has 0 radical (unpaired) electrons. The van der Waals surface area contributed by atoms with Gasteiger partial charge in [-0.1, -0.05) is 23.5 Å². The van der Waals surface area contributed by atoms with Gasteiger partial charge in [-0.05, 0) is 50.5 Å². The molecule has 4 aromatic rings. The third-order valence-electron chi connectivity index (χ3n) is 5.28. The van der Waals surface area contributed by atoms with Gasteiger partial charge in [0.1, 0.15) is 5.82 Å². The summed E-state index contributed by atoms with van der Waals surface area (Å²) in [5, 5.41) is 20.6. The Morgan fingerprint density at radius 1 is 1.20 bits per heavy atom. The van der Waals surface area contributed by atoms with E-state index in [0.717, 1.165) is 51.6 Å². The fraction of sp³-hybridized carbons (Fsp3) is 0.227. The number of aromatic nitrogens is 5. The summed E-state index contributed by atoms with van der Waals surface area (Å²) in [6, 6.07) is 11.7. The maximum Gasteiger partial charge on any atom is 0.248 e. The minimum absolute atomic E-state index is 0.506. The van der Waals surface area contributed by atoms with Crippen LogP contribution in [0.2, 0.25) is 0 Å². The van der Waals surface area contributed by atoms with Gasteiger partial charge in [0.25, 0.3) is 0 Å². The van der Waals surface area contributed by atoms with Gasteiger partial charge in [-0.3, -0.25) is 15.4 Å². The molecule has 1 aliphatic rings. The largest absolute Gasteiger partial charge is 0.299 e. The van der Waals surface area contributed by atoms with Gasteiger partial charge in [0, 0.05) is 28.9 Å². The van der Waals surface area contributed by atoms with Crippen LogP contribution in [0, 0.1) is 25.2 Å². The average Bonchev–Trinajstić information content (AvgIpc) is 3.37. The van der Waals surface area contributed by atoms with E-state index in [1.54, 1.807) is 17.4 Å². The van der Waals surface area contributed by atoms with Gasteiger partial charge in [0.2, 0.25) is 5.95 Å². The summed E-state index contributed by atoms with van der Waals surface area (Å²) in [6.07, 6.45) is 4.14. The Morgan fingerprint density at radius 2 is 2.07 bits per heavy atom. The summed E-state index contributed by atoms with van der Waals surface area (Å²) in [6.45, 7) is 4.07. The fourth-order valence-corrected chi connectivity index (χ4v) is 4.40. The summed E-state index contributed by atoms with van der Waals surface area (Å²) in [7, 11) is 0. The van der Waals surface area contributed by atoms with Crippen LogP contribution in [0.4, 0.5) is 11.1 Å². The van der Waals surface area contributed by atoms with Crippen molar-refractivity contribution >= 4 is 22.4 Å². The predicted octanol–water partition coefficient (Wildman–Crippen LogP) is 5.10. The van der Waals surface area contributed by atoms with Crippen molar-refractivity contribution in [1.29, 1.82) is 5.26 Å². The Hall–Kier alpha value is -3.57. The number of nitrogens with one attached hydrogen (secondary N) is 2. The number of benzene rings is 1. The van der Waals surface area contributed by atoms with Crippen molar-refractivity contribution in [2.75, 3.05) is 5.32 Å². The van der Waals surface area contributed by atoms with Gasteiger partial charge in [-0.2, -0.15) is 10.2 Å². The molecule has 148 valence electrons. The van der Waals surface area contributed by atoms with Gasteiger partial charge in [0.15, 0.2) is 5.13 Å². The highest BCUT2D eigenvalue weighted by Crippen LogP contribution is 2.42. The first-order chi connectivity index (χ1) is 14.6. The van der Waals surface area contributed by atoms with Gasteiger partial charge in [-0.25, -0.2) is 4.98 Å². The van der Waals surface area contributed by atoms with Crippen LogP contribution < -0.4 is 5.32 Å². The number of hydrogen-bond acceptors (Lipinski definition) is 7. The zero-order chi connectivity index (χ0) is 20.7. The van der Waals surface area contributed by atoms with Crippen molar-refractivity contribution < 1.29 is 0 Å². The lowest BCUT2D eigenvalue weighted by Gasteiger charge is -2.08. The molecule has 7 nitrogen and oxygen atoms in total. The third kappa shape index (κ3) is 3.44. The number of aryl methyl sites for hydroxylation is 1. The molecule has 2 N–H and O–H groups in total. The van der Waals surface area contributed by atoms with Crippen molar-refractivity contribution in [3.8, 4) is 27.8 Å². The van der Waals surface area contributed by atoms with Crippen LogP contribution in [0.1, 0.15) is 41.4 Å². The molecule has 0 aliphatic heterocycles. The second-order valence-corrected chi connectivity index (χ2v) is 8.40. The van der Waals surface area contributed by atoms with Crippen LogP contribution in [0.5, 0.6) is 0 Å². The van der Waals surface area contributed by atoms with E-state index in [9.17, 15) is 5.26 Å². The quantitative estimate of drug-likeness (QED) is 0.472. The van der Waals surface area contributed by atoms with E-state index >= 15 is 0 Å². The molecule has 0 unspecified atom stereocenters. The molecule has 0 bridgehead atoms. The lowest BCUT2D eigenvalue weighted by molar-refractivity contribution is 0.935. The van der Waals surface area contributed by atoms with E-state index in [-0.39, 0.29) is 0 Å². The Balaban J connectivity index is 1.59. The van der Waals surface area contributed by atoms with Crippen LogP contribution >= 0.6 is 11.3 Å². The molecule has 5 rings (SSSR count). The molecule has 0 saturated heterocycles. The van der Waals surface area contributed by atoms with Crippen LogP contribution in [0.15, 0.2) is 36.5 Å². The molecular weight excluding hydrogens is 394 g/mol. The molecule has 3 aromatic heterocycles. The van der Waals surface area contributed by atoms with Crippen molar-refractivity contribution in [2.24, 2.45) is 0 Å². The summed E-state index contributed by atoms with van der Waals surface area (Å²) < 4.78 is 0. The third-order valence-corrected chi connectivity index (χ3v) is 6.28. The maximum absolute atomic E-state index is 9.32. The first-order valence-corrected chi connectivity index (χ1v) is 10.6. The number of pyridine rings is 1. The van der Waals surface area contributed by atoms with E-state index < -0.39 is 0 Å². The number of rotatable bonds is 5. The highest BCUT2D eigenvalue weighted by Gasteiger charge is 2.27. The molecule has 1 aromatic carbocycles. The normalized spacial score (nSPS) is 13.2. The van der Waals surface area contributed by atoms with E-state index in [4.69, 9.17) is 4.98 Å². The van der Waals surface area contributed by atoms with Crippen molar-refractivity contribution in [2.45, 2.75) is 32.6 Å². The Morgan fingerprint density at radius 3 is 2.87 bits per heavy atom. The lowest BCUT2D eigenvalue weighted by atomic mass is 10.0. The molecule has 1 aliphatic carbocycles. The maximum atomic E-state index is 9.32. The summed E-state index contributed by atoms with van der Waals surface area (Å²) in [5.41, 5.74) is 5.50. The zero-order valence-corrected chi connectivity index (χ0v) is 17.4. The first-order valence-electron chi connectivity index (χ1n) is 9.75. The number of anilines is 2. The van der Waals surface area contributed by atoms with Gasteiger partial charge < -0.3 is 0 Å². The number of thiazole rings is 1. The summed E-state index contributed by atoms with van der Waals surface area (Å²) in [4.78, 5) is 14.8. The van der Waals surface area contributed by atoms with Crippen molar-refractivity contribution in [1.82, 2.24) is 25.1 Å². The molecule has 8 heteroatoms. The van der Waals surface area contributed by atoms with E-state index in [2.05, 4.69) is 38.5 Å². The Labute approximate surface area is 177 Å². The Kier molecular flexibility index (Phi) is 4.52. The van der Waals surface area contributed by atoms with Crippen LogP contribution in [0.3, 0.4) is 0 Å². The number of nitriles is 1. The minimum atomic E-state index is 0.506. The van der Waals surface area contributed by atoms with E-state index in [0.29, 0.717) is 22.6 Å². The van der Waals surface area contributed by atoms with Crippen LogP contribution in [-0.4, -0.2) is 25.1 Å².